The summed E-state index contributed by atoms with van der Waals surface area (Å²) in [5.74, 6) is -1.80. The molecule has 0 unspecified atom stereocenters. The van der Waals surface area contributed by atoms with Gasteiger partial charge in [0.2, 0.25) is 0 Å². The monoisotopic (exact) mass is 571 g/mol. The van der Waals surface area contributed by atoms with Gasteiger partial charge in [0.05, 0.1) is 17.7 Å². The SMILES string of the molecule is CCCCCCCOc1ccc(C(=O)Oc2ccc(C[C@H](NC(=O)c3ccc(C(F)(F)F)cc3)C(=O)O)cc2)cc1. The molecule has 0 radical (unpaired) electrons. The Kier molecular flexibility index (Phi) is 11.3. The van der Waals surface area contributed by atoms with Crippen LogP contribution in [-0.2, 0) is 17.4 Å². The molecule has 0 aliphatic heterocycles. The van der Waals surface area contributed by atoms with Crippen LogP contribution in [0.4, 0.5) is 13.2 Å². The Balaban J connectivity index is 1.51. The third kappa shape index (κ3) is 9.97. The first-order valence-corrected chi connectivity index (χ1v) is 13.3. The Labute approximate surface area is 236 Å². The van der Waals surface area contributed by atoms with Gasteiger partial charge in [0.25, 0.3) is 5.91 Å². The number of esters is 1. The van der Waals surface area contributed by atoms with E-state index in [9.17, 15) is 32.7 Å². The third-order valence-corrected chi connectivity index (χ3v) is 6.26. The van der Waals surface area contributed by atoms with Crippen molar-refractivity contribution < 1.29 is 42.1 Å². The largest absolute Gasteiger partial charge is 0.494 e. The number of nitrogens with one attached hydrogen (secondary N) is 1. The van der Waals surface area contributed by atoms with Crippen molar-refractivity contribution in [3.05, 3.63) is 95.1 Å². The van der Waals surface area contributed by atoms with Gasteiger partial charge in [0.15, 0.2) is 0 Å². The minimum atomic E-state index is -4.55. The number of benzene rings is 3. The van der Waals surface area contributed by atoms with Crippen LogP contribution < -0.4 is 14.8 Å². The average Bonchev–Trinajstić information content (AvgIpc) is 2.95. The van der Waals surface area contributed by atoms with Gasteiger partial charge in [-0.1, -0.05) is 44.7 Å². The summed E-state index contributed by atoms with van der Waals surface area (Å²) in [6, 6.07) is 14.9. The predicted molar refractivity (Wildman–Crippen MR) is 146 cm³/mol. The number of aliphatic carboxylic acids is 1. The number of carboxylic acid groups (broad SMARTS) is 1. The molecule has 0 aliphatic carbocycles. The van der Waals surface area contributed by atoms with E-state index in [4.69, 9.17) is 9.47 Å². The van der Waals surface area contributed by atoms with Crippen molar-refractivity contribution >= 4 is 17.8 Å². The number of carbonyl (C=O) groups is 3. The van der Waals surface area contributed by atoms with Crippen LogP contribution in [0.2, 0.25) is 0 Å². The highest BCUT2D eigenvalue weighted by molar-refractivity contribution is 5.96. The maximum atomic E-state index is 12.7. The Bertz CT molecular complexity index is 1290. The van der Waals surface area contributed by atoms with E-state index in [1.54, 1.807) is 36.4 Å². The number of carboxylic acids is 1. The van der Waals surface area contributed by atoms with Crippen molar-refractivity contribution in [1.82, 2.24) is 5.32 Å². The quantitative estimate of drug-likeness (QED) is 0.127. The van der Waals surface area contributed by atoms with Gasteiger partial charge in [-0.05, 0) is 72.6 Å². The molecule has 0 aliphatic rings. The molecular weight excluding hydrogens is 539 g/mol. The second-order valence-corrected chi connectivity index (χ2v) is 9.46. The van der Waals surface area contributed by atoms with Gasteiger partial charge in [0.1, 0.15) is 17.5 Å². The summed E-state index contributed by atoms with van der Waals surface area (Å²) in [5.41, 5.74) is -0.157. The molecule has 0 bridgehead atoms. The van der Waals surface area contributed by atoms with Gasteiger partial charge in [-0.15, -0.1) is 0 Å². The lowest BCUT2D eigenvalue weighted by molar-refractivity contribution is -0.139. The zero-order valence-corrected chi connectivity index (χ0v) is 22.6. The number of alkyl halides is 3. The topological polar surface area (TPSA) is 102 Å². The zero-order chi connectivity index (χ0) is 29.8. The fourth-order valence-electron chi connectivity index (χ4n) is 3.93. The van der Waals surface area contributed by atoms with Crippen LogP contribution in [0.25, 0.3) is 0 Å². The molecule has 0 heterocycles. The Morgan fingerprint density at radius 3 is 1.98 bits per heavy atom. The van der Waals surface area contributed by atoms with E-state index in [1.807, 2.05) is 0 Å². The zero-order valence-electron chi connectivity index (χ0n) is 22.6. The number of hydrogen-bond donors (Lipinski definition) is 2. The molecule has 0 spiro atoms. The lowest BCUT2D eigenvalue weighted by atomic mass is 10.0. The summed E-state index contributed by atoms with van der Waals surface area (Å²) < 4.78 is 49.3. The number of halogens is 3. The van der Waals surface area contributed by atoms with Crippen LogP contribution in [0, 0.1) is 0 Å². The van der Waals surface area contributed by atoms with Crippen molar-refractivity contribution in [1.29, 1.82) is 0 Å². The third-order valence-electron chi connectivity index (χ3n) is 6.26. The maximum Gasteiger partial charge on any atom is 0.416 e. The number of carbonyl (C=O) groups excluding carboxylic acids is 2. The smallest absolute Gasteiger partial charge is 0.416 e. The molecule has 10 heteroatoms. The molecule has 3 aromatic rings. The van der Waals surface area contributed by atoms with E-state index in [0.717, 1.165) is 37.1 Å². The van der Waals surface area contributed by atoms with E-state index < -0.39 is 35.6 Å². The molecule has 3 aromatic carbocycles. The van der Waals surface area contributed by atoms with Gasteiger partial charge in [-0.3, -0.25) is 4.79 Å². The molecule has 2 N–H and O–H groups in total. The van der Waals surface area contributed by atoms with Crippen LogP contribution >= 0.6 is 0 Å². The van der Waals surface area contributed by atoms with Crippen molar-refractivity contribution in [2.75, 3.05) is 6.61 Å². The number of amides is 1. The standard InChI is InChI=1S/C31H32F3NO6/c1-2-3-4-5-6-19-40-25-17-11-23(12-18-25)30(39)41-26-15-7-21(8-16-26)20-27(29(37)38)35-28(36)22-9-13-24(14-10-22)31(32,33)34/h7-18,27H,2-6,19-20H2,1H3,(H,35,36)(H,37,38)/t27-/m0/s1. The average molecular weight is 572 g/mol. The van der Waals surface area contributed by atoms with Crippen molar-refractivity contribution in [3.8, 4) is 11.5 Å². The van der Waals surface area contributed by atoms with Gasteiger partial charge in [-0.25, -0.2) is 9.59 Å². The second kappa shape index (κ2) is 14.9. The summed E-state index contributed by atoms with van der Waals surface area (Å²) in [4.78, 5) is 36.7. The number of ether oxygens (including phenoxy) is 2. The predicted octanol–water partition coefficient (Wildman–Crippen LogP) is 6.70. The van der Waals surface area contributed by atoms with E-state index in [0.29, 0.717) is 23.5 Å². The molecule has 0 saturated carbocycles. The van der Waals surface area contributed by atoms with Gasteiger partial charge < -0.3 is 19.9 Å². The summed E-state index contributed by atoms with van der Waals surface area (Å²) in [5, 5.41) is 11.9. The van der Waals surface area contributed by atoms with Crippen LogP contribution in [0.3, 0.4) is 0 Å². The van der Waals surface area contributed by atoms with Crippen molar-refractivity contribution in [2.24, 2.45) is 0 Å². The molecule has 41 heavy (non-hydrogen) atoms. The van der Waals surface area contributed by atoms with Gasteiger partial charge in [0, 0.05) is 12.0 Å². The lowest BCUT2D eigenvalue weighted by Crippen LogP contribution is -2.42. The molecule has 0 fully saturated rings. The first-order chi connectivity index (χ1) is 19.6. The van der Waals surface area contributed by atoms with Gasteiger partial charge in [-0.2, -0.15) is 13.2 Å². The molecule has 1 atom stereocenters. The molecule has 0 saturated heterocycles. The van der Waals surface area contributed by atoms with Crippen molar-refractivity contribution in [3.63, 3.8) is 0 Å². The Morgan fingerprint density at radius 2 is 1.39 bits per heavy atom. The van der Waals surface area contributed by atoms with E-state index in [1.165, 1.54) is 31.4 Å². The Morgan fingerprint density at radius 1 is 0.805 bits per heavy atom. The summed E-state index contributed by atoms with van der Waals surface area (Å²) >= 11 is 0. The number of unbranched alkanes of at least 4 members (excludes halogenated alkanes) is 4. The fraction of sp³-hybridized carbons (Fsp3) is 0.323. The minimum Gasteiger partial charge on any atom is -0.494 e. The van der Waals surface area contributed by atoms with Gasteiger partial charge >= 0.3 is 18.1 Å². The van der Waals surface area contributed by atoms with Crippen molar-refractivity contribution in [2.45, 2.75) is 57.7 Å². The highest BCUT2D eigenvalue weighted by atomic mass is 19.4. The van der Waals surface area contributed by atoms with Crippen LogP contribution in [0.15, 0.2) is 72.8 Å². The van der Waals surface area contributed by atoms with E-state index in [-0.39, 0.29) is 17.7 Å². The number of rotatable bonds is 14. The lowest BCUT2D eigenvalue weighted by Gasteiger charge is -2.15. The highest BCUT2D eigenvalue weighted by Crippen LogP contribution is 2.29. The first kappa shape index (κ1) is 31.2. The fourth-order valence-corrected chi connectivity index (χ4v) is 3.93. The highest BCUT2D eigenvalue weighted by Gasteiger charge is 2.30. The summed E-state index contributed by atoms with van der Waals surface area (Å²) in [7, 11) is 0. The summed E-state index contributed by atoms with van der Waals surface area (Å²) in [6.45, 7) is 2.78. The molecule has 3 rings (SSSR count). The minimum absolute atomic E-state index is 0.101. The van der Waals surface area contributed by atoms with Crippen LogP contribution in [-0.4, -0.2) is 35.6 Å². The molecule has 1 amide bonds. The number of hydrogen-bond acceptors (Lipinski definition) is 5. The molecular formula is C31H32F3NO6. The maximum absolute atomic E-state index is 12.7. The molecule has 218 valence electrons. The molecule has 7 nitrogen and oxygen atoms in total. The van der Waals surface area contributed by atoms with Crippen LogP contribution in [0.5, 0.6) is 11.5 Å². The first-order valence-electron chi connectivity index (χ1n) is 13.3. The van der Waals surface area contributed by atoms with Crippen LogP contribution in [0.1, 0.15) is 70.9 Å². The molecule has 0 aromatic heterocycles. The van der Waals surface area contributed by atoms with E-state index in [2.05, 4.69) is 12.2 Å². The second-order valence-electron chi connectivity index (χ2n) is 9.46. The normalized spacial score (nSPS) is 11.9. The van der Waals surface area contributed by atoms with E-state index >= 15 is 0 Å². The summed E-state index contributed by atoms with van der Waals surface area (Å²) in [6.07, 6.45) is 1.03. The Hall–Kier alpha value is -4.34.